The van der Waals surface area contributed by atoms with Gasteiger partial charge in [-0.3, -0.25) is 4.79 Å². The zero-order chi connectivity index (χ0) is 25.9. The van der Waals surface area contributed by atoms with E-state index in [1.165, 1.54) is 0 Å². The van der Waals surface area contributed by atoms with E-state index in [1.54, 1.807) is 0 Å². The van der Waals surface area contributed by atoms with Crippen LogP contribution < -0.4 is 0 Å². The molecule has 13 atom stereocenters. The number of hydrogen-bond acceptors (Lipinski definition) is 6. The molecule has 4 N–H and O–H groups in total. The van der Waals surface area contributed by atoms with E-state index < -0.39 is 24.4 Å². The summed E-state index contributed by atoms with van der Waals surface area (Å²) in [6, 6.07) is 0. The van der Waals surface area contributed by atoms with Crippen molar-refractivity contribution in [3.63, 3.8) is 0 Å². The van der Waals surface area contributed by atoms with Gasteiger partial charge in [0.25, 0.3) is 0 Å². The summed E-state index contributed by atoms with van der Waals surface area (Å²) in [6.07, 6.45) is 2.49. The largest absolute Gasteiger partial charge is 0.465 e. The van der Waals surface area contributed by atoms with Gasteiger partial charge in [-0.1, -0.05) is 48.0 Å². The maximum atomic E-state index is 13.0. The van der Waals surface area contributed by atoms with Gasteiger partial charge in [-0.25, -0.2) is 0 Å². The van der Waals surface area contributed by atoms with E-state index in [-0.39, 0.29) is 52.8 Å². The van der Waals surface area contributed by atoms with Crippen molar-refractivity contribution in [2.24, 2.45) is 58.2 Å². The van der Waals surface area contributed by atoms with Gasteiger partial charge in [0, 0.05) is 0 Å². The third-order valence-electron chi connectivity index (χ3n) is 11.7. The van der Waals surface area contributed by atoms with E-state index in [0.29, 0.717) is 30.8 Å². The summed E-state index contributed by atoms with van der Waals surface area (Å²) in [6.45, 7) is 13.4. The maximum absolute atomic E-state index is 13.0. The fourth-order valence-corrected chi connectivity index (χ4v) is 9.60. The molecular weight excluding hydrogens is 444 g/mol. The lowest BCUT2D eigenvalue weighted by atomic mass is 9.48. The zero-order valence-corrected chi connectivity index (χ0v) is 22.7. The summed E-state index contributed by atoms with van der Waals surface area (Å²) in [7, 11) is 0. The average molecular weight is 495 g/mol. The predicted octanol–water partition coefficient (Wildman–Crippen LogP) is 3.78. The second kappa shape index (κ2) is 9.89. The average Bonchev–Trinajstić information content (AvgIpc) is 3.11. The van der Waals surface area contributed by atoms with Crippen LogP contribution in [0.5, 0.6) is 0 Å². The van der Waals surface area contributed by atoms with Gasteiger partial charge in [-0.05, 0) is 90.8 Å². The highest BCUT2D eigenvalue weighted by atomic mass is 16.5. The Hall–Kier alpha value is -0.690. The number of ether oxygens (including phenoxy) is 1. The van der Waals surface area contributed by atoms with Crippen LogP contribution in [0.1, 0.15) is 86.5 Å². The quantitative estimate of drug-likeness (QED) is 0.419. The molecule has 202 valence electrons. The van der Waals surface area contributed by atoms with Crippen LogP contribution in [0.2, 0.25) is 0 Å². The molecule has 1 saturated heterocycles. The first-order chi connectivity index (χ1) is 16.4. The summed E-state index contributed by atoms with van der Waals surface area (Å²) >= 11 is 0. The maximum Gasteiger partial charge on any atom is 0.309 e. The van der Waals surface area contributed by atoms with Gasteiger partial charge in [0.1, 0.15) is 0 Å². The molecular formula is C29H50O6. The van der Waals surface area contributed by atoms with Crippen LogP contribution in [-0.2, 0) is 9.53 Å². The molecule has 6 nitrogen and oxygen atoms in total. The first-order valence-electron chi connectivity index (χ1n) is 14.3. The standard InChI is InChI=1S/C29H50O6/c1-7-17(15(2)3)26(33)25(32)16(4)19-8-9-20-18-14-35-27(34)22-12-23(30)24(31)13-29(22,6)21(18)10-11-28(19,20)5/h15-26,30-33H,7-14H2,1-6H3/t16-,17-,18-,19+,20-,21-,22+,23+,24-,25-,26-,28+,29+/m0/s1. The first-order valence-corrected chi connectivity index (χ1v) is 14.3. The molecule has 3 saturated carbocycles. The first kappa shape index (κ1) is 27.3. The molecule has 0 aromatic heterocycles. The van der Waals surface area contributed by atoms with E-state index in [0.717, 1.165) is 32.1 Å². The molecule has 0 amide bonds. The van der Waals surface area contributed by atoms with Crippen molar-refractivity contribution >= 4 is 5.97 Å². The number of fused-ring (bicyclic) bond motifs is 5. The van der Waals surface area contributed by atoms with Gasteiger partial charge >= 0.3 is 5.97 Å². The fraction of sp³-hybridized carbons (Fsp3) is 0.966. The Balaban J connectivity index is 1.57. The van der Waals surface area contributed by atoms with Gasteiger partial charge in [-0.2, -0.15) is 0 Å². The summed E-state index contributed by atoms with van der Waals surface area (Å²) < 4.78 is 5.88. The number of aliphatic hydroxyl groups is 4. The molecule has 4 fully saturated rings. The minimum absolute atomic E-state index is 0.00679. The third kappa shape index (κ3) is 4.38. The van der Waals surface area contributed by atoms with Crippen LogP contribution in [-0.4, -0.2) is 57.4 Å². The van der Waals surface area contributed by atoms with Crippen molar-refractivity contribution in [1.29, 1.82) is 0 Å². The Bertz CT molecular complexity index is 770. The lowest BCUT2D eigenvalue weighted by molar-refractivity contribution is -0.162. The molecule has 1 aliphatic heterocycles. The number of aliphatic hydroxyl groups excluding tert-OH is 4. The Morgan fingerprint density at radius 3 is 2.26 bits per heavy atom. The van der Waals surface area contributed by atoms with Gasteiger partial charge < -0.3 is 25.2 Å². The number of esters is 1. The molecule has 0 bridgehead atoms. The summed E-state index contributed by atoms with van der Waals surface area (Å²) in [4.78, 5) is 13.0. The highest BCUT2D eigenvalue weighted by molar-refractivity contribution is 5.74. The lowest BCUT2D eigenvalue weighted by Gasteiger charge is -2.56. The van der Waals surface area contributed by atoms with E-state index in [9.17, 15) is 25.2 Å². The molecule has 3 aliphatic carbocycles. The number of carbonyl (C=O) groups excluding carboxylic acids is 1. The van der Waals surface area contributed by atoms with Crippen molar-refractivity contribution in [2.45, 2.75) is 111 Å². The van der Waals surface area contributed by atoms with Gasteiger partial charge in [-0.15, -0.1) is 0 Å². The third-order valence-corrected chi connectivity index (χ3v) is 11.7. The van der Waals surface area contributed by atoms with Gasteiger partial charge in [0.2, 0.25) is 0 Å². The number of carbonyl (C=O) groups is 1. The van der Waals surface area contributed by atoms with Crippen molar-refractivity contribution in [1.82, 2.24) is 0 Å². The van der Waals surface area contributed by atoms with Gasteiger partial charge in [0.05, 0.1) is 36.9 Å². The predicted molar refractivity (Wildman–Crippen MR) is 134 cm³/mol. The second-order valence-electron chi connectivity index (χ2n) is 13.5. The minimum Gasteiger partial charge on any atom is -0.465 e. The molecule has 35 heavy (non-hydrogen) atoms. The smallest absolute Gasteiger partial charge is 0.309 e. The van der Waals surface area contributed by atoms with Crippen LogP contribution in [0, 0.1) is 58.2 Å². The van der Waals surface area contributed by atoms with Crippen LogP contribution in [0.15, 0.2) is 0 Å². The van der Waals surface area contributed by atoms with E-state index >= 15 is 0 Å². The van der Waals surface area contributed by atoms with E-state index in [1.807, 2.05) is 0 Å². The lowest BCUT2D eigenvalue weighted by Crippen LogP contribution is -2.55. The SMILES string of the molecule is CC[C@@H](C(C)C)[C@H](O)[C@@H](O)[C@@H](C)[C@H]1CC[C@H]2[C@@H]3COC(=O)[C@H]4C[C@@H](O)[C@@H](O)C[C@]4(C)[C@H]3CC[C@]12C. The molecule has 4 rings (SSSR count). The van der Waals surface area contributed by atoms with Crippen molar-refractivity contribution in [3.05, 3.63) is 0 Å². The number of hydrogen-bond donors (Lipinski definition) is 4. The summed E-state index contributed by atoms with van der Waals surface area (Å²) in [5.74, 6) is 1.01. The molecule has 1 heterocycles. The monoisotopic (exact) mass is 494 g/mol. The van der Waals surface area contributed by atoms with Crippen molar-refractivity contribution < 1.29 is 30.0 Å². The topological polar surface area (TPSA) is 107 Å². The second-order valence-corrected chi connectivity index (χ2v) is 13.5. The zero-order valence-electron chi connectivity index (χ0n) is 22.7. The molecule has 4 aliphatic rings. The molecule has 6 heteroatoms. The van der Waals surface area contributed by atoms with Crippen LogP contribution in [0.25, 0.3) is 0 Å². The highest BCUT2D eigenvalue weighted by Crippen LogP contribution is 2.66. The van der Waals surface area contributed by atoms with Crippen molar-refractivity contribution in [3.8, 4) is 0 Å². The minimum atomic E-state index is -0.867. The molecule has 0 radical (unpaired) electrons. The Morgan fingerprint density at radius 1 is 0.971 bits per heavy atom. The van der Waals surface area contributed by atoms with Crippen LogP contribution in [0.3, 0.4) is 0 Å². The Labute approximate surface area is 211 Å². The molecule has 0 aromatic rings. The fourth-order valence-electron chi connectivity index (χ4n) is 9.60. The van der Waals surface area contributed by atoms with E-state index in [2.05, 4.69) is 41.5 Å². The van der Waals surface area contributed by atoms with Crippen LogP contribution >= 0.6 is 0 Å². The Kier molecular flexibility index (Phi) is 7.72. The van der Waals surface area contributed by atoms with E-state index in [4.69, 9.17) is 4.74 Å². The molecule has 0 aromatic carbocycles. The number of cyclic esters (lactones) is 1. The normalized spacial score (nSPS) is 47.1. The van der Waals surface area contributed by atoms with Crippen molar-refractivity contribution in [2.75, 3.05) is 6.61 Å². The van der Waals surface area contributed by atoms with Gasteiger partial charge in [0.15, 0.2) is 0 Å². The molecule has 0 spiro atoms. The van der Waals surface area contributed by atoms with Crippen LogP contribution in [0.4, 0.5) is 0 Å². The number of rotatable bonds is 6. The highest BCUT2D eigenvalue weighted by Gasteiger charge is 2.63. The molecule has 0 unspecified atom stereocenters. The summed E-state index contributed by atoms with van der Waals surface area (Å²) in [5, 5.41) is 43.2. The Morgan fingerprint density at radius 2 is 1.63 bits per heavy atom. The summed E-state index contributed by atoms with van der Waals surface area (Å²) in [5.41, 5.74) is -0.348.